The van der Waals surface area contributed by atoms with Gasteiger partial charge in [0, 0.05) is 17.3 Å². The first-order valence-electron chi connectivity index (χ1n) is 8.20. The Hall–Kier alpha value is -2.33. The highest BCUT2D eigenvalue weighted by atomic mass is 35.5. The summed E-state index contributed by atoms with van der Waals surface area (Å²) in [7, 11) is 0. The van der Waals surface area contributed by atoms with Gasteiger partial charge >= 0.3 is 11.8 Å². The van der Waals surface area contributed by atoms with Gasteiger partial charge in [-0.25, -0.2) is 0 Å². The Morgan fingerprint density at radius 3 is 2.24 bits per heavy atom. The monoisotopic (exact) mass is 358 g/mol. The molecule has 0 aromatic heterocycles. The van der Waals surface area contributed by atoms with Crippen LogP contribution in [0, 0.1) is 0 Å². The van der Waals surface area contributed by atoms with Gasteiger partial charge in [-0.15, -0.1) is 0 Å². The van der Waals surface area contributed by atoms with E-state index in [1.165, 1.54) is 0 Å². The highest BCUT2D eigenvalue weighted by Gasteiger charge is 2.20. The van der Waals surface area contributed by atoms with Crippen molar-refractivity contribution in [3.8, 4) is 0 Å². The summed E-state index contributed by atoms with van der Waals surface area (Å²) in [6, 6.07) is 14.9. The molecule has 0 saturated heterocycles. The Labute approximate surface area is 153 Å². The quantitative estimate of drug-likeness (QED) is 0.813. The number of nitrogens with one attached hydrogen (secondary N) is 2. The van der Waals surface area contributed by atoms with Crippen molar-refractivity contribution in [2.45, 2.75) is 32.6 Å². The molecule has 25 heavy (non-hydrogen) atoms. The van der Waals surface area contributed by atoms with E-state index >= 15 is 0 Å². The van der Waals surface area contributed by atoms with Crippen LogP contribution in [-0.4, -0.2) is 18.4 Å². The molecule has 0 aliphatic carbocycles. The predicted octanol–water partition coefficient (Wildman–Crippen LogP) is 3.93. The standard InChI is InChI=1S/C20H23ClN2O2/c1-20(2,3)16-6-4-5-7-17(16)23-19(25)18(24)22-13-12-14-8-10-15(21)11-9-14/h4-11H,12-13H2,1-3H3,(H,22,24)(H,23,25). The van der Waals surface area contributed by atoms with Crippen LogP contribution in [0.4, 0.5) is 5.69 Å². The number of benzene rings is 2. The third-order valence-corrected chi connectivity index (χ3v) is 4.05. The minimum absolute atomic E-state index is 0.130. The first kappa shape index (κ1) is 19.0. The molecule has 0 bridgehead atoms. The number of hydrogen-bond donors (Lipinski definition) is 2. The molecule has 2 amide bonds. The van der Waals surface area contributed by atoms with Gasteiger partial charge in [0.15, 0.2) is 0 Å². The minimum Gasteiger partial charge on any atom is -0.347 e. The fourth-order valence-corrected chi connectivity index (χ4v) is 2.60. The Morgan fingerprint density at radius 1 is 0.960 bits per heavy atom. The molecule has 2 rings (SSSR count). The van der Waals surface area contributed by atoms with Crippen LogP contribution in [0.2, 0.25) is 5.02 Å². The van der Waals surface area contributed by atoms with Crippen LogP contribution in [0.15, 0.2) is 48.5 Å². The lowest BCUT2D eigenvalue weighted by Crippen LogP contribution is -2.37. The molecule has 0 spiro atoms. The van der Waals surface area contributed by atoms with Crippen LogP contribution in [0.5, 0.6) is 0 Å². The van der Waals surface area contributed by atoms with Gasteiger partial charge in [-0.1, -0.05) is 62.7 Å². The number of carbonyl (C=O) groups is 2. The third kappa shape index (κ3) is 5.61. The van der Waals surface area contributed by atoms with Gasteiger partial charge in [0.2, 0.25) is 0 Å². The maximum Gasteiger partial charge on any atom is 0.313 e. The maximum atomic E-state index is 12.1. The summed E-state index contributed by atoms with van der Waals surface area (Å²) in [4.78, 5) is 24.1. The largest absolute Gasteiger partial charge is 0.347 e. The second-order valence-electron chi connectivity index (χ2n) is 6.88. The molecule has 0 aliphatic heterocycles. The van der Waals surface area contributed by atoms with Crippen molar-refractivity contribution in [2.24, 2.45) is 0 Å². The van der Waals surface area contributed by atoms with Crippen molar-refractivity contribution in [1.82, 2.24) is 5.32 Å². The molecule has 0 fully saturated rings. The average molecular weight is 359 g/mol. The number of carbonyl (C=O) groups excluding carboxylic acids is 2. The smallest absolute Gasteiger partial charge is 0.313 e. The van der Waals surface area contributed by atoms with E-state index in [2.05, 4.69) is 31.4 Å². The van der Waals surface area contributed by atoms with E-state index in [9.17, 15) is 9.59 Å². The zero-order valence-electron chi connectivity index (χ0n) is 14.7. The van der Waals surface area contributed by atoms with Crippen LogP contribution < -0.4 is 10.6 Å². The zero-order chi connectivity index (χ0) is 18.4. The van der Waals surface area contributed by atoms with Gasteiger partial charge in [-0.05, 0) is 41.2 Å². The first-order valence-corrected chi connectivity index (χ1v) is 8.58. The lowest BCUT2D eigenvalue weighted by atomic mass is 9.86. The predicted molar refractivity (Wildman–Crippen MR) is 102 cm³/mol. The zero-order valence-corrected chi connectivity index (χ0v) is 15.5. The molecule has 2 aromatic rings. The van der Waals surface area contributed by atoms with Gasteiger partial charge in [0.1, 0.15) is 0 Å². The van der Waals surface area contributed by atoms with Crippen molar-refractivity contribution in [3.63, 3.8) is 0 Å². The molecule has 0 saturated carbocycles. The summed E-state index contributed by atoms with van der Waals surface area (Å²) in [5.41, 5.74) is 2.56. The van der Waals surface area contributed by atoms with Crippen molar-refractivity contribution in [3.05, 3.63) is 64.7 Å². The lowest BCUT2D eigenvalue weighted by Gasteiger charge is -2.22. The molecule has 5 heteroatoms. The topological polar surface area (TPSA) is 58.2 Å². The van der Waals surface area contributed by atoms with Crippen molar-refractivity contribution >= 4 is 29.1 Å². The highest BCUT2D eigenvalue weighted by Crippen LogP contribution is 2.29. The molecule has 132 valence electrons. The van der Waals surface area contributed by atoms with E-state index in [0.29, 0.717) is 23.7 Å². The Bertz CT molecular complexity index is 749. The van der Waals surface area contributed by atoms with E-state index < -0.39 is 11.8 Å². The SMILES string of the molecule is CC(C)(C)c1ccccc1NC(=O)C(=O)NCCc1ccc(Cl)cc1. The van der Waals surface area contributed by atoms with E-state index in [-0.39, 0.29) is 5.41 Å². The van der Waals surface area contributed by atoms with Gasteiger partial charge in [-0.3, -0.25) is 9.59 Å². The van der Waals surface area contributed by atoms with Crippen LogP contribution >= 0.6 is 11.6 Å². The number of amides is 2. The maximum absolute atomic E-state index is 12.1. The van der Waals surface area contributed by atoms with Crippen LogP contribution in [0.1, 0.15) is 31.9 Å². The number of rotatable bonds is 4. The summed E-state index contributed by atoms with van der Waals surface area (Å²) >= 11 is 5.84. The fraction of sp³-hybridized carbons (Fsp3) is 0.300. The second kappa shape index (κ2) is 8.17. The molecule has 0 heterocycles. The molecule has 4 nitrogen and oxygen atoms in total. The number of anilines is 1. The van der Waals surface area contributed by atoms with Crippen molar-refractivity contribution in [1.29, 1.82) is 0 Å². The van der Waals surface area contributed by atoms with E-state index in [1.807, 2.05) is 30.3 Å². The normalized spacial score (nSPS) is 11.0. The van der Waals surface area contributed by atoms with Crippen molar-refractivity contribution in [2.75, 3.05) is 11.9 Å². The van der Waals surface area contributed by atoms with Gasteiger partial charge < -0.3 is 10.6 Å². The fourth-order valence-electron chi connectivity index (χ4n) is 2.48. The highest BCUT2D eigenvalue weighted by molar-refractivity contribution is 6.39. The molecule has 0 aliphatic rings. The molecule has 2 aromatic carbocycles. The molecule has 0 atom stereocenters. The summed E-state index contributed by atoms with van der Waals surface area (Å²) in [5, 5.41) is 6.02. The number of halogens is 1. The minimum atomic E-state index is -0.659. The summed E-state index contributed by atoms with van der Waals surface area (Å²) in [6.45, 7) is 6.56. The number of hydrogen-bond acceptors (Lipinski definition) is 2. The Balaban J connectivity index is 1.91. The van der Waals surface area contributed by atoms with E-state index in [4.69, 9.17) is 11.6 Å². The van der Waals surface area contributed by atoms with Crippen LogP contribution in [-0.2, 0) is 21.4 Å². The molecule has 2 N–H and O–H groups in total. The van der Waals surface area contributed by atoms with Gasteiger partial charge in [0.05, 0.1) is 0 Å². The van der Waals surface area contributed by atoms with Crippen molar-refractivity contribution < 1.29 is 9.59 Å². The molecule has 0 unspecified atom stereocenters. The Kier molecular flexibility index (Phi) is 6.21. The second-order valence-corrected chi connectivity index (χ2v) is 7.32. The van der Waals surface area contributed by atoms with Gasteiger partial charge in [0.25, 0.3) is 0 Å². The average Bonchev–Trinajstić information content (AvgIpc) is 2.56. The summed E-state index contributed by atoms with van der Waals surface area (Å²) in [5.74, 6) is -1.30. The van der Waals surface area contributed by atoms with Gasteiger partial charge in [-0.2, -0.15) is 0 Å². The lowest BCUT2D eigenvalue weighted by molar-refractivity contribution is -0.136. The first-order chi connectivity index (χ1) is 11.8. The van der Waals surface area contributed by atoms with E-state index in [1.54, 1.807) is 18.2 Å². The van der Waals surface area contributed by atoms with E-state index in [0.717, 1.165) is 11.1 Å². The molecular formula is C20H23ClN2O2. The van der Waals surface area contributed by atoms with Crippen LogP contribution in [0.25, 0.3) is 0 Å². The Morgan fingerprint density at radius 2 is 1.60 bits per heavy atom. The van der Waals surface area contributed by atoms with Crippen LogP contribution in [0.3, 0.4) is 0 Å². The third-order valence-electron chi connectivity index (χ3n) is 3.80. The molecule has 0 radical (unpaired) electrons. The summed E-state index contributed by atoms with van der Waals surface area (Å²) < 4.78 is 0. The number of para-hydroxylation sites is 1. The summed E-state index contributed by atoms with van der Waals surface area (Å²) in [6.07, 6.45) is 0.634. The molecular weight excluding hydrogens is 336 g/mol.